The first kappa shape index (κ1) is 14.4. The molecule has 1 aromatic rings. The topological polar surface area (TPSA) is 63.5 Å². The molecule has 0 radical (unpaired) electrons. The normalized spacial score (nSPS) is 15.6. The van der Waals surface area contributed by atoms with Gasteiger partial charge in [0, 0.05) is 6.54 Å². The van der Waals surface area contributed by atoms with Crippen LogP contribution in [0.15, 0.2) is 21.2 Å². The van der Waals surface area contributed by atoms with Crippen molar-refractivity contribution in [2.45, 2.75) is 38.3 Å². The fraction of sp³-hybridized carbons (Fsp3) is 0.615. The Kier molecular flexibility index (Phi) is 5.72. The van der Waals surface area contributed by atoms with Gasteiger partial charge in [0.1, 0.15) is 5.76 Å². The molecule has 2 rings (SSSR count). The molecule has 0 bridgehead atoms. The maximum atomic E-state index is 11.5. The Morgan fingerprint density at radius 1 is 1.37 bits per heavy atom. The first-order chi connectivity index (χ1) is 9.24. The van der Waals surface area contributed by atoms with Crippen LogP contribution in [-0.4, -0.2) is 25.3 Å². The zero-order chi connectivity index (χ0) is 13.5. The molecule has 1 aliphatic carbocycles. The Morgan fingerprint density at radius 2 is 2.16 bits per heavy atom. The number of rotatable bonds is 6. The molecule has 1 saturated carbocycles. The highest BCUT2D eigenvalue weighted by atomic mass is 79.9. The number of urea groups is 1. The Labute approximate surface area is 121 Å². The fourth-order valence-electron chi connectivity index (χ4n) is 2.12. The summed E-state index contributed by atoms with van der Waals surface area (Å²) in [5.41, 5.74) is 0. The summed E-state index contributed by atoms with van der Waals surface area (Å²) in [4.78, 5) is 11.5. The zero-order valence-electron chi connectivity index (χ0n) is 10.8. The summed E-state index contributed by atoms with van der Waals surface area (Å²) in [6, 6.07) is 3.40. The van der Waals surface area contributed by atoms with E-state index in [9.17, 15) is 4.79 Å². The number of carbonyl (C=O) groups is 1. The lowest BCUT2D eigenvalue weighted by Gasteiger charge is -2.11. The molecule has 5 nitrogen and oxygen atoms in total. The van der Waals surface area contributed by atoms with E-state index in [4.69, 9.17) is 9.15 Å². The molecular formula is C13H19BrN2O3. The van der Waals surface area contributed by atoms with Crippen molar-refractivity contribution in [1.82, 2.24) is 10.6 Å². The lowest BCUT2D eigenvalue weighted by Crippen LogP contribution is -2.37. The molecule has 19 heavy (non-hydrogen) atoms. The van der Waals surface area contributed by atoms with Gasteiger partial charge in [-0.2, -0.15) is 0 Å². The molecule has 0 aliphatic heterocycles. The van der Waals surface area contributed by atoms with Crippen LogP contribution in [0.25, 0.3) is 0 Å². The lowest BCUT2D eigenvalue weighted by molar-refractivity contribution is 0.0613. The largest absolute Gasteiger partial charge is 0.452 e. The minimum absolute atomic E-state index is 0.206. The molecule has 2 N–H and O–H groups in total. The Bertz CT molecular complexity index is 402. The number of hydrogen-bond acceptors (Lipinski definition) is 3. The van der Waals surface area contributed by atoms with Gasteiger partial charge in [-0.1, -0.05) is 12.8 Å². The van der Waals surface area contributed by atoms with Crippen LogP contribution in [0, 0.1) is 0 Å². The van der Waals surface area contributed by atoms with E-state index >= 15 is 0 Å². The number of ether oxygens (including phenoxy) is 1. The van der Waals surface area contributed by atoms with E-state index in [-0.39, 0.29) is 6.03 Å². The summed E-state index contributed by atoms with van der Waals surface area (Å²) in [6.45, 7) is 1.48. The van der Waals surface area contributed by atoms with Crippen molar-refractivity contribution in [1.29, 1.82) is 0 Å². The number of nitrogens with one attached hydrogen (secondary N) is 2. The van der Waals surface area contributed by atoms with Crippen LogP contribution in [0.3, 0.4) is 0 Å². The molecule has 2 amide bonds. The zero-order valence-corrected chi connectivity index (χ0v) is 12.4. The highest BCUT2D eigenvalue weighted by molar-refractivity contribution is 9.10. The molecule has 1 fully saturated rings. The SMILES string of the molecule is O=C(NCCOC1CCCC1)NCc1ccc(Br)o1. The van der Waals surface area contributed by atoms with Gasteiger partial charge in [0.15, 0.2) is 4.67 Å². The number of amides is 2. The van der Waals surface area contributed by atoms with Crippen LogP contribution in [-0.2, 0) is 11.3 Å². The molecule has 1 aromatic heterocycles. The summed E-state index contributed by atoms with van der Waals surface area (Å²) in [5.74, 6) is 0.712. The average Bonchev–Trinajstić information content (AvgIpc) is 3.03. The molecule has 0 unspecified atom stereocenters. The van der Waals surface area contributed by atoms with E-state index in [1.807, 2.05) is 6.07 Å². The summed E-state index contributed by atoms with van der Waals surface area (Å²) in [5, 5.41) is 5.48. The molecule has 0 atom stereocenters. The minimum atomic E-state index is -0.206. The van der Waals surface area contributed by atoms with Gasteiger partial charge in [-0.15, -0.1) is 0 Å². The Morgan fingerprint density at radius 3 is 2.84 bits per heavy atom. The van der Waals surface area contributed by atoms with E-state index in [1.54, 1.807) is 6.07 Å². The van der Waals surface area contributed by atoms with Crippen molar-refractivity contribution in [2.24, 2.45) is 0 Å². The maximum Gasteiger partial charge on any atom is 0.315 e. The monoisotopic (exact) mass is 330 g/mol. The second kappa shape index (κ2) is 7.55. The standard InChI is InChI=1S/C13H19BrN2O3/c14-12-6-5-11(19-12)9-16-13(17)15-7-8-18-10-3-1-2-4-10/h5-6,10H,1-4,7-9H2,(H2,15,16,17). The van der Waals surface area contributed by atoms with Crippen LogP contribution in [0.5, 0.6) is 0 Å². The molecule has 0 saturated heterocycles. The second-order valence-electron chi connectivity index (χ2n) is 4.59. The van der Waals surface area contributed by atoms with Gasteiger partial charge in [-0.05, 0) is 40.9 Å². The third kappa shape index (κ3) is 5.24. The smallest absolute Gasteiger partial charge is 0.315 e. The maximum absolute atomic E-state index is 11.5. The highest BCUT2D eigenvalue weighted by Gasteiger charge is 2.14. The fourth-order valence-corrected chi connectivity index (χ4v) is 2.46. The van der Waals surface area contributed by atoms with E-state index in [2.05, 4.69) is 26.6 Å². The van der Waals surface area contributed by atoms with E-state index < -0.39 is 0 Å². The number of halogens is 1. The van der Waals surface area contributed by atoms with Gasteiger partial charge >= 0.3 is 6.03 Å². The summed E-state index contributed by atoms with van der Waals surface area (Å²) in [7, 11) is 0. The van der Waals surface area contributed by atoms with Crippen LogP contribution in [0.1, 0.15) is 31.4 Å². The predicted molar refractivity (Wildman–Crippen MR) is 74.9 cm³/mol. The Hall–Kier alpha value is -1.01. The number of carbonyl (C=O) groups excluding carboxylic acids is 1. The second-order valence-corrected chi connectivity index (χ2v) is 5.37. The van der Waals surface area contributed by atoms with Crippen molar-refractivity contribution < 1.29 is 13.9 Å². The summed E-state index contributed by atoms with van der Waals surface area (Å²) >= 11 is 3.21. The van der Waals surface area contributed by atoms with Crippen LogP contribution in [0.2, 0.25) is 0 Å². The van der Waals surface area contributed by atoms with Gasteiger partial charge in [-0.3, -0.25) is 0 Å². The lowest BCUT2D eigenvalue weighted by atomic mass is 10.3. The molecule has 0 aromatic carbocycles. The van der Waals surface area contributed by atoms with Gasteiger partial charge in [0.05, 0.1) is 19.3 Å². The van der Waals surface area contributed by atoms with Gasteiger partial charge in [0.2, 0.25) is 0 Å². The van der Waals surface area contributed by atoms with E-state index in [0.717, 1.165) is 12.8 Å². The van der Waals surface area contributed by atoms with Crippen LogP contribution >= 0.6 is 15.9 Å². The van der Waals surface area contributed by atoms with Crippen LogP contribution in [0.4, 0.5) is 4.79 Å². The third-order valence-electron chi connectivity index (χ3n) is 3.10. The summed E-state index contributed by atoms with van der Waals surface area (Å²) < 4.78 is 11.6. The first-order valence-corrected chi connectivity index (χ1v) is 7.41. The molecule has 6 heteroatoms. The summed E-state index contributed by atoms with van der Waals surface area (Å²) in [6.07, 6.45) is 5.22. The molecular weight excluding hydrogens is 312 g/mol. The van der Waals surface area contributed by atoms with Gasteiger partial charge in [0.25, 0.3) is 0 Å². The quantitative estimate of drug-likeness (QED) is 0.788. The first-order valence-electron chi connectivity index (χ1n) is 6.61. The predicted octanol–water partition coefficient (Wildman–Crippen LogP) is 2.80. The number of hydrogen-bond donors (Lipinski definition) is 2. The molecule has 1 heterocycles. The van der Waals surface area contributed by atoms with Crippen molar-refractivity contribution in [3.05, 3.63) is 22.6 Å². The van der Waals surface area contributed by atoms with Crippen molar-refractivity contribution in [3.8, 4) is 0 Å². The van der Waals surface area contributed by atoms with Gasteiger partial charge in [-0.25, -0.2) is 4.79 Å². The Balaban J connectivity index is 1.52. The molecule has 106 valence electrons. The van der Waals surface area contributed by atoms with Crippen molar-refractivity contribution >= 4 is 22.0 Å². The average molecular weight is 331 g/mol. The minimum Gasteiger partial charge on any atom is -0.452 e. The number of furan rings is 1. The van der Waals surface area contributed by atoms with Crippen LogP contribution < -0.4 is 10.6 Å². The van der Waals surface area contributed by atoms with E-state index in [1.165, 1.54) is 12.8 Å². The highest BCUT2D eigenvalue weighted by Crippen LogP contribution is 2.20. The van der Waals surface area contributed by atoms with E-state index in [0.29, 0.717) is 36.2 Å². The third-order valence-corrected chi connectivity index (χ3v) is 3.52. The van der Waals surface area contributed by atoms with Crippen molar-refractivity contribution in [2.75, 3.05) is 13.2 Å². The molecule has 1 aliphatic rings. The molecule has 0 spiro atoms. The van der Waals surface area contributed by atoms with Crippen molar-refractivity contribution in [3.63, 3.8) is 0 Å². The van der Waals surface area contributed by atoms with Gasteiger partial charge < -0.3 is 19.8 Å².